The van der Waals surface area contributed by atoms with E-state index in [4.69, 9.17) is 23.2 Å². The predicted octanol–water partition coefficient (Wildman–Crippen LogP) is 2.09. The van der Waals surface area contributed by atoms with E-state index < -0.39 is 0 Å². The summed E-state index contributed by atoms with van der Waals surface area (Å²) in [7, 11) is 5.84. The lowest BCUT2D eigenvalue weighted by atomic mass is 10.2. The lowest BCUT2D eigenvalue weighted by molar-refractivity contribution is 0.309. The number of likely N-dealkylation sites (N-methyl/N-ethyl adjacent to an activating group) is 1. The minimum Gasteiger partial charge on any atom is -0.355 e. The molecule has 2 heterocycles. The van der Waals surface area contributed by atoms with Gasteiger partial charge in [-0.15, -0.1) is 0 Å². The maximum Gasteiger partial charge on any atom is 0.191 e. The second-order valence-electron chi connectivity index (χ2n) is 5.42. The van der Waals surface area contributed by atoms with E-state index in [0.717, 1.165) is 18.2 Å². The molecule has 1 unspecified atom stereocenters. The second-order valence-corrected chi connectivity index (χ2v) is 6.18. The van der Waals surface area contributed by atoms with Gasteiger partial charge in [0.25, 0.3) is 0 Å². The number of aliphatic imine (C=N–C) groups is 1. The maximum atomic E-state index is 6.06. The van der Waals surface area contributed by atoms with Crippen molar-refractivity contribution in [3.63, 3.8) is 0 Å². The molecule has 1 aromatic heterocycles. The number of rotatable bonds is 4. The highest BCUT2D eigenvalue weighted by Gasteiger charge is 2.20. The zero-order valence-electron chi connectivity index (χ0n) is 12.8. The number of guanidine groups is 1. The van der Waals surface area contributed by atoms with E-state index in [1.54, 1.807) is 7.05 Å². The number of aromatic nitrogens is 1. The van der Waals surface area contributed by atoms with Crippen molar-refractivity contribution in [1.82, 2.24) is 20.1 Å². The SMILES string of the molecule is CN=C(NCc1cc(Cl)c(Cl)n1C)NCC1CCCN1C. The summed E-state index contributed by atoms with van der Waals surface area (Å²) in [6.07, 6.45) is 2.51. The molecule has 0 bridgehead atoms. The van der Waals surface area contributed by atoms with Gasteiger partial charge in [0.05, 0.1) is 11.6 Å². The van der Waals surface area contributed by atoms with E-state index in [1.807, 2.05) is 17.7 Å². The quantitative estimate of drug-likeness (QED) is 0.656. The van der Waals surface area contributed by atoms with E-state index in [2.05, 4.69) is 27.6 Å². The summed E-state index contributed by atoms with van der Waals surface area (Å²) in [5.74, 6) is 0.795. The van der Waals surface area contributed by atoms with Gasteiger partial charge in [0.15, 0.2) is 5.96 Å². The number of halogens is 2. The van der Waals surface area contributed by atoms with E-state index >= 15 is 0 Å². The fourth-order valence-electron chi connectivity index (χ4n) is 2.61. The second kappa shape index (κ2) is 7.38. The molecule has 1 aromatic rings. The predicted molar refractivity (Wildman–Crippen MR) is 89.3 cm³/mol. The molecule has 1 aliphatic rings. The van der Waals surface area contributed by atoms with Gasteiger partial charge >= 0.3 is 0 Å². The number of hydrogen-bond acceptors (Lipinski definition) is 2. The van der Waals surface area contributed by atoms with Gasteiger partial charge in [0.1, 0.15) is 5.15 Å². The molecular formula is C14H23Cl2N5. The molecule has 0 saturated carbocycles. The Bertz CT molecular complexity index is 512. The molecule has 2 rings (SSSR count). The van der Waals surface area contributed by atoms with E-state index in [9.17, 15) is 0 Å². The van der Waals surface area contributed by atoms with Crippen LogP contribution < -0.4 is 10.6 Å². The normalized spacial score (nSPS) is 20.0. The van der Waals surface area contributed by atoms with Crippen LogP contribution in [0.3, 0.4) is 0 Å². The molecule has 5 nitrogen and oxygen atoms in total. The maximum absolute atomic E-state index is 6.06. The van der Waals surface area contributed by atoms with Crippen LogP contribution in [-0.2, 0) is 13.6 Å². The zero-order chi connectivity index (χ0) is 15.4. The Morgan fingerprint density at radius 2 is 2.14 bits per heavy atom. The molecule has 1 saturated heterocycles. The van der Waals surface area contributed by atoms with Crippen molar-refractivity contribution >= 4 is 29.2 Å². The van der Waals surface area contributed by atoms with Gasteiger partial charge in [-0.25, -0.2) is 0 Å². The monoisotopic (exact) mass is 331 g/mol. The van der Waals surface area contributed by atoms with Crippen molar-refractivity contribution in [3.05, 3.63) is 21.9 Å². The first-order valence-electron chi connectivity index (χ1n) is 7.17. The summed E-state index contributed by atoms with van der Waals surface area (Å²) < 4.78 is 1.87. The average molecular weight is 332 g/mol. The third kappa shape index (κ3) is 4.05. The summed E-state index contributed by atoms with van der Waals surface area (Å²) in [5, 5.41) is 7.80. The first kappa shape index (κ1) is 16.5. The molecule has 2 N–H and O–H groups in total. The minimum atomic E-state index is 0.559. The van der Waals surface area contributed by atoms with Gasteiger partial charge in [0, 0.05) is 32.4 Å². The molecule has 0 spiro atoms. The zero-order valence-corrected chi connectivity index (χ0v) is 14.3. The van der Waals surface area contributed by atoms with Crippen LogP contribution in [0, 0.1) is 0 Å². The summed E-state index contributed by atoms with van der Waals surface area (Å²) >= 11 is 12.1. The smallest absolute Gasteiger partial charge is 0.191 e. The average Bonchev–Trinajstić information content (AvgIpc) is 2.98. The van der Waals surface area contributed by atoms with Crippen LogP contribution in [0.15, 0.2) is 11.1 Å². The van der Waals surface area contributed by atoms with Crippen molar-refractivity contribution in [2.45, 2.75) is 25.4 Å². The van der Waals surface area contributed by atoms with Crippen LogP contribution in [0.5, 0.6) is 0 Å². The van der Waals surface area contributed by atoms with Crippen molar-refractivity contribution in [1.29, 1.82) is 0 Å². The fourth-order valence-corrected chi connectivity index (χ4v) is 3.02. The standard InChI is InChI=1S/C14H23Cl2N5/c1-17-14(18-8-10-5-4-6-20(10)2)19-9-11-7-12(15)13(16)21(11)3/h7,10H,4-6,8-9H2,1-3H3,(H2,17,18,19). The van der Waals surface area contributed by atoms with Gasteiger partial charge in [-0.3, -0.25) is 4.99 Å². The van der Waals surface area contributed by atoms with Crippen LogP contribution in [0.4, 0.5) is 0 Å². The first-order chi connectivity index (χ1) is 10.0. The number of nitrogens with zero attached hydrogens (tertiary/aromatic N) is 3. The van der Waals surface area contributed by atoms with Gasteiger partial charge in [0.2, 0.25) is 0 Å². The van der Waals surface area contributed by atoms with Crippen molar-refractivity contribution in [3.8, 4) is 0 Å². The van der Waals surface area contributed by atoms with E-state index in [-0.39, 0.29) is 0 Å². The molecule has 0 aliphatic carbocycles. The Kier molecular flexibility index (Phi) is 5.79. The molecule has 1 aliphatic heterocycles. The molecule has 1 fully saturated rings. The Labute approximate surface area is 136 Å². The number of likely N-dealkylation sites (tertiary alicyclic amines) is 1. The third-order valence-electron chi connectivity index (χ3n) is 4.05. The van der Waals surface area contributed by atoms with Gasteiger partial charge < -0.3 is 20.1 Å². The minimum absolute atomic E-state index is 0.559. The Morgan fingerprint density at radius 3 is 2.67 bits per heavy atom. The van der Waals surface area contributed by atoms with Crippen LogP contribution in [0.2, 0.25) is 10.2 Å². The molecular weight excluding hydrogens is 309 g/mol. The topological polar surface area (TPSA) is 44.6 Å². The first-order valence-corrected chi connectivity index (χ1v) is 7.93. The Balaban J connectivity index is 1.84. The highest BCUT2D eigenvalue weighted by atomic mass is 35.5. The van der Waals surface area contributed by atoms with Crippen molar-refractivity contribution < 1.29 is 0 Å². The molecule has 0 radical (unpaired) electrons. The summed E-state index contributed by atoms with van der Waals surface area (Å²) in [4.78, 5) is 6.63. The van der Waals surface area contributed by atoms with Crippen LogP contribution >= 0.6 is 23.2 Å². The van der Waals surface area contributed by atoms with E-state index in [0.29, 0.717) is 22.8 Å². The number of nitrogens with one attached hydrogen (secondary N) is 2. The van der Waals surface area contributed by atoms with Gasteiger partial charge in [-0.2, -0.15) is 0 Å². The molecule has 0 amide bonds. The summed E-state index contributed by atoms with van der Waals surface area (Å²) in [6, 6.07) is 2.46. The summed E-state index contributed by atoms with van der Waals surface area (Å²) in [6.45, 7) is 2.71. The highest BCUT2D eigenvalue weighted by Crippen LogP contribution is 2.24. The third-order valence-corrected chi connectivity index (χ3v) is 4.89. The lowest BCUT2D eigenvalue weighted by Gasteiger charge is -2.21. The van der Waals surface area contributed by atoms with Gasteiger partial charge in [-0.05, 0) is 32.5 Å². The van der Waals surface area contributed by atoms with Crippen molar-refractivity contribution in [2.75, 3.05) is 27.2 Å². The summed E-state index contributed by atoms with van der Waals surface area (Å²) in [5.41, 5.74) is 1.02. The number of hydrogen-bond donors (Lipinski definition) is 2. The molecule has 21 heavy (non-hydrogen) atoms. The Morgan fingerprint density at radius 1 is 1.38 bits per heavy atom. The van der Waals surface area contributed by atoms with Gasteiger partial charge in [-0.1, -0.05) is 23.2 Å². The molecule has 118 valence electrons. The van der Waals surface area contributed by atoms with Crippen LogP contribution in [-0.4, -0.2) is 48.7 Å². The van der Waals surface area contributed by atoms with E-state index in [1.165, 1.54) is 19.4 Å². The highest BCUT2D eigenvalue weighted by molar-refractivity contribution is 6.41. The molecule has 7 heteroatoms. The largest absolute Gasteiger partial charge is 0.355 e. The fraction of sp³-hybridized carbons (Fsp3) is 0.643. The molecule has 1 atom stereocenters. The Hall–Kier alpha value is -0.910. The molecule has 0 aromatic carbocycles. The van der Waals surface area contributed by atoms with Crippen LogP contribution in [0.1, 0.15) is 18.5 Å². The lowest BCUT2D eigenvalue weighted by Crippen LogP contribution is -2.43. The van der Waals surface area contributed by atoms with Crippen LogP contribution in [0.25, 0.3) is 0 Å². The van der Waals surface area contributed by atoms with Crippen molar-refractivity contribution in [2.24, 2.45) is 12.0 Å².